The van der Waals surface area contributed by atoms with Crippen LogP contribution < -0.4 is 5.73 Å². The maximum absolute atomic E-state index is 6.53. The molecule has 0 heterocycles. The van der Waals surface area contributed by atoms with Crippen molar-refractivity contribution in [1.29, 1.82) is 0 Å². The maximum atomic E-state index is 6.53. The normalized spacial score (nSPS) is 10.2. The summed E-state index contributed by atoms with van der Waals surface area (Å²) in [6.07, 6.45) is 5.38. The molecule has 0 aliphatic rings. The summed E-state index contributed by atoms with van der Waals surface area (Å²) >= 11 is 0. The fraction of sp³-hybridized carbons (Fsp3) is 0.600. The molecule has 1 N–H and O–H groups in total. The molecule has 0 bridgehead atoms. The van der Waals surface area contributed by atoms with Crippen LogP contribution in [0.15, 0.2) is 12.3 Å². The Labute approximate surface area is 38.8 Å². The van der Waals surface area contributed by atoms with Crippen LogP contribution in [0.2, 0.25) is 0 Å². The van der Waals surface area contributed by atoms with E-state index in [0.29, 0.717) is 0 Å². The summed E-state index contributed by atoms with van der Waals surface area (Å²) in [4.78, 5) is 0. The van der Waals surface area contributed by atoms with E-state index in [1.165, 1.54) is 6.20 Å². The van der Waals surface area contributed by atoms with E-state index < -0.39 is 0 Å². The lowest BCUT2D eigenvalue weighted by Crippen LogP contribution is -1.59. The number of nitrogens with one attached hydrogen (secondary N) is 1. The summed E-state index contributed by atoms with van der Waals surface area (Å²) in [5, 5.41) is 0. The Morgan fingerprint density at radius 3 is 2.50 bits per heavy atom. The molecule has 0 aromatic carbocycles. The zero-order valence-electron chi connectivity index (χ0n) is 4.07. The van der Waals surface area contributed by atoms with E-state index >= 15 is 0 Å². The van der Waals surface area contributed by atoms with Gasteiger partial charge in [-0.15, -0.1) is 0 Å². The molecule has 0 spiro atoms. The second-order valence-electron chi connectivity index (χ2n) is 1.19. The minimum absolute atomic E-state index is 1.05. The highest BCUT2D eigenvalue weighted by atomic mass is 14.5. The van der Waals surface area contributed by atoms with Crippen molar-refractivity contribution in [2.75, 3.05) is 0 Å². The van der Waals surface area contributed by atoms with Crippen LogP contribution in [-0.2, 0) is 0 Å². The standard InChI is InChI=1S/C5H10N/c1-2-3-4-5-6/h4-6H,2-3H2,1H3. The van der Waals surface area contributed by atoms with Crippen molar-refractivity contribution in [2.45, 2.75) is 19.8 Å². The minimum Gasteiger partial charge on any atom is -0.309 e. The first kappa shape index (κ1) is 5.54. The molecule has 0 aromatic rings. The Bertz CT molecular complexity index is 39.2. The quantitative estimate of drug-likeness (QED) is 0.485. The lowest BCUT2D eigenvalue weighted by Gasteiger charge is -1.75. The lowest BCUT2D eigenvalue weighted by atomic mass is 10.3. The Morgan fingerprint density at radius 1 is 1.67 bits per heavy atom. The minimum atomic E-state index is 1.05. The largest absolute Gasteiger partial charge is 0.309 e. The van der Waals surface area contributed by atoms with Gasteiger partial charge in [0.15, 0.2) is 0 Å². The summed E-state index contributed by atoms with van der Waals surface area (Å²) in [6, 6.07) is 0. The molecule has 0 saturated carbocycles. The van der Waals surface area contributed by atoms with Crippen LogP contribution in [0.5, 0.6) is 0 Å². The molecule has 0 rings (SSSR count). The van der Waals surface area contributed by atoms with Crippen molar-refractivity contribution in [3.63, 3.8) is 0 Å². The molecule has 1 nitrogen and oxygen atoms in total. The van der Waals surface area contributed by atoms with Gasteiger partial charge in [-0.05, 0) is 6.42 Å². The predicted octanol–water partition coefficient (Wildman–Crippen LogP) is 1.58. The summed E-state index contributed by atoms with van der Waals surface area (Å²) in [5.74, 6) is 0. The topological polar surface area (TPSA) is 23.8 Å². The van der Waals surface area contributed by atoms with Crippen LogP contribution in [0.4, 0.5) is 0 Å². The van der Waals surface area contributed by atoms with Crippen molar-refractivity contribution in [3.05, 3.63) is 12.3 Å². The molecule has 35 valence electrons. The predicted molar refractivity (Wildman–Crippen MR) is 27.1 cm³/mol. The van der Waals surface area contributed by atoms with E-state index in [9.17, 15) is 0 Å². The SMILES string of the molecule is CCCC=C[NH]. The van der Waals surface area contributed by atoms with Gasteiger partial charge in [0.05, 0.1) is 0 Å². The van der Waals surface area contributed by atoms with Gasteiger partial charge in [0.25, 0.3) is 0 Å². The third-order valence-electron chi connectivity index (χ3n) is 0.573. The molecule has 0 atom stereocenters. The van der Waals surface area contributed by atoms with Gasteiger partial charge < -0.3 is 5.73 Å². The van der Waals surface area contributed by atoms with Crippen LogP contribution in [-0.4, -0.2) is 0 Å². The van der Waals surface area contributed by atoms with Crippen LogP contribution >= 0.6 is 0 Å². The average molecular weight is 84.1 g/mol. The Balaban J connectivity index is 2.66. The van der Waals surface area contributed by atoms with Crippen molar-refractivity contribution < 1.29 is 0 Å². The van der Waals surface area contributed by atoms with Gasteiger partial charge in [-0.3, -0.25) is 0 Å². The van der Waals surface area contributed by atoms with Gasteiger partial charge in [-0.25, -0.2) is 0 Å². The Morgan fingerprint density at radius 2 is 2.33 bits per heavy atom. The van der Waals surface area contributed by atoms with Crippen molar-refractivity contribution in [3.8, 4) is 0 Å². The summed E-state index contributed by atoms with van der Waals surface area (Å²) in [7, 11) is 0. The molecule has 1 heteroatoms. The molecular weight excluding hydrogens is 74.1 g/mol. The highest BCUT2D eigenvalue weighted by Gasteiger charge is 1.65. The third kappa shape index (κ3) is 3.54. The van der Waals surface area contributed by atoms with E-state index in [-0.39, 0.29) is 0 Å². The smallest absolute Gasteiger partial charge is 0.0137 e. The molecule has 0 aliphatic carbocycles. The summed E-state index contributed by atoms with van der Waals surface area (Å²) in [5.41, 5.74) is 6.53. The fourth-order valence-electron chi connectivity index (χ4n) is 0.250. The van der Waals surface area contributed by atoms with Gasteiger partial charge in [0, 0.05) is 6.20 Å². The summed E-state index contributed by atoms with van der Waals surface area (Å²) in [6.45, 7) is 2.10. The third-order valence-corrected chi connectivity index (χ3v) is 0.573. The van der Waals surface area contributed by atoms with Crippen LogP contribution in [0.25, 0.3) is 0 Å². The zero-order valence-corrected chi connectivity index (χ0v) is 4.07. The monoisotopic (exact) mass is 84.1 g/mol. The average Bonchev–Trinajstić information content (AvgIpc) is 1.61. The number of unbranched alkanes of at least 4 members (excludes halogenated alkanes) is 1. The molecule has 0 amide bonds. The van der Waals surface area contributed by atoms with Gasteiger partial charge in [0.2, 0.25) is 0 Å². The highest BCUT2D eigenvalue weighted by Crippen LogP contribution is 1.84. The first-order valence-electron chi connectivity index (χ1n) is 2.24. The Hall–Kier alpha value is -0.460. The van der Waals surface area contributed by atoms with Gasteiger partial charge in [-0.2, -0.15) is 0 Å². The van der Waals surface area contributed by atoms with E-state index in [0.717, 1.165) is 12.8 Å². The van der Waals surface area contributed by atoms with Crippen LogP contribution in [0, 0.1) is 0 Å². The molecule has 1 radical (unpaired) electrons. The Kier molecular flexibility index (Phi) is 4.19. The number of allylic oxidation sites excluding steroid dienone is 1. The molecule has 0 fully saturated rings. The number of hydrogen-bond donors (Lipinski definition) is 0. The summed E-state index contributed by atoms with van der Waals surface area (Å²) < 4.78 is 0. The molecule has 6 heavy (non-hydrogen) atoms. The number of hydrogen-bond acceptors (Lipinski definition) is 0. The van der Waals surface area contributed by atoms with Crippen LogP contribution in [0.3, 0.4) is 0 Å². The van der Waals surface area contributed by atoms with Crippen LogP contribution in [0.1, 0.15) is 19.8 Å². The highest BCUT2D eigenvalue weighted by molar-refractivity contribution is 4.73. The number of rotatable bonds is 2. The molecule has 0 saturated heterocycles. The van der Waals surface area contributed by atoms with E-state index in [1.54, 1.807) is 0 Å². The van der Waals surface area contributed by atoms with E-state index in [1.807, 2.05) is 6.08 Å². The lowest BCUT2D eigenvalue weighted by molar-refractivity contribution is 0.955. The fourth-order valence-corrected chi connectivity index (χ4v) is 0.250. The first-order chi connectivity index (χ1) is 2.91. The molecule has 0 aromatic heterocycles. The van der Waals surface area contributed by atoms with Gasteiger partial charge in [0.1, 0.15) is 0 Å². The zero-order chi connectivity index (χ0) is 4.83. The maximum Gasteiger partial charge on any atom is 0.0137 e. The van der Waals surface area contributed by atoms with Crippen molar-refractivity contribution in [2.24, 2.45) is 0 Å². The van der Waals surface area contributed by atoms with Gasteiger partial charge in [-0.1, -0.05) is 19.4 Å². The van der Waals surface area contributed by atoms with E-state index in [4.69, 9.17) is 5.73 Å². The molecule has 0 unspecified atom stereocenters. The first-order valence-corrected chi connectivity index (χ1v) is 2.24. The molecular formula is C5H10N. The van der Waals surface area contributed by atoms with Crippen molar-refractivity contribution >= 4 is 0 Å². The van der Waals surface area contributed by atoms with E-state index in [2.05, 4.69) is 6.92 Å². The second-order valence-corrected chi connectivity index (χ2v) is 1.19. The van der Waals surface area contributed by atoms with Gasteiger partial charge >= 0.3 is 0 Å². The second kappa shape index (κ2) is 4.54. The van der Waals surface area contributed by atoms with Crippen molar-refractivity contribution in [1.82, 2.24) is 5.73 Å². The molecule has 0 aliphatic heterocycles.